The van der Waals surface area contributed by atoms with E-state index < -0.39 is 8.24 Å². The van der Waals surface area contributed by atoms with E-state index in [2.05, 4.69) is 73.8 Å². The molecule has 4 heteroatoms. The third kappa shape index (κ3) is 4.20. The topological polar surface area (TPSA) is 15.3 Å². The molecule has 0 aliphatic rings. The van der Waals surface area contributed by atoms with Crippen molar-refractivity contribution in [2.24, 2.45) is 0 Å². The second-order valence-electron chi connectivity index (χ2n) is 5.17. The van der Waals surface area contributed by atoms with Gasteiger partial charge in [0.25, 0.3) is 0 Å². The van der Waals surface area contributed by atoms with Crippen molar-refractivity contribution in [3.63, 3.8) is 0 Å². The molecule has 0 aromatic heterocycles. The summed E-state index contributed by atoms with van der Waals surface area (Å²) < 4.78 is 0. The minimum Gasteiger partial charge on any atom is -0.361 e. The Balaban J connectivity index is 2.85. The van der Waals surface area contributed by atoms with Crippen molar-refractivity contribution in [3.05, 3.63) is 30.3 Å². The first-order valence-corrected chi connectivity index (χ1v) is 8.89. The molecule has 1 aromatic carbocycles. The highest BCUT2D eigenvalue weighted by Crippen LogP contribution is 1.98. The van der Waals surface area contributed by atoms with Crippen LogP contribution in [0.15, 0.2) is 30.3 Å². The summed E-state index contributed by atoms with van der Waals surface area (Å²) in [6.07, 6.45) is 0. The zero-order chi connectivity index (χ0) is 11.5. The van der Waals surface area contributed by atoms with Gasteiger partial charge in [0.2, 0.25) is 0 Å². The number of hydrogen-bond donors (Lipinski definition) is 1. The van der Waals surface area contributed by atoms with E-state index in [1.54, 1.807) is 0 Å². The molecule has 0 unspecified atom stereocenters. The smallest absolute Gasteiger partial charge is 0.336 e. The molecule has 0 aliphatic carbocycles. The van der Waals surface area contributed by atoms with E-state index in [-0.39, 0.29) is 0 Å². The average Bonchev–Trinajstić information content (AvgIpc) is 2.14. The lowest BCUT2D eigenvalue weighted by molar-refractivity contribution is 0.641. The summed E-state index contributed by atoms with van der Waals surface area (Å²) in [5.41, 5.74) is 1.34. The summed E-state index contributed by atoms with van der Waals surface area (Å²) in [7, 11) is 2.97. The highest BCUT2D eigenvalue weighted by Gasteiger charge is 2.26. The normalized spacial score (nSPS) is 11.9. The Labute approximate surface area is 94.9 Å². The fourth-order valence-electron chi connectivity index (χ4n) is 1.56. The second-order valence-corrected chi connectivity index (χ2v) is 9.96. The molecule has 0 bridgehead atoms. The third-order valence-corrected chi connectivity index (χ3v) is 3.34. The highest BCUT2D eigenvalue weighted by atomic mass is 28.3. The van der Waals surface area contributed by atoms with Crippen LogP contribution in [0.2, 0.25) is 19.6 Å². The molecule has 0 aliphatic heterocycles. The van der Waals surface area contributed by atoms with Crippen molar-refractivity contribution >= 4 is 20.7 Å². The number of nitrogens with zero attached hydrogens (tertiary/aromatic N) is 1. The maximum atomic E-state index is 3.74. The first kappa shape index (κ1) is 12.5. The molecule has 0 fully saturated rings. The Hall–Kier alpha value is -0.578. The minimum absolute atomic E-state index is 0.331. The Morgan fingerprint density at radius 3 is 2.00 bits per heavy atom. The van der Waals surface area contributed by atoms with Gasteiger partial charge in [-0.2, -0.15) is 0 Å². The molecule has 1 N–H and O–H groups in total. The molecule has 15 heavy (non-hydrogen) atoms. The van der Waals surface area contributed by atoms with E-state index in [4.69, 9.17) is 0 Å². The zero-order valence-corrected chi connectivity index (χ0v) is 11.4. The van der Waals surface area contributed by atoms with Gasteiger partial charge in [-0.15, -0.1) is 0 Å². The van der Waals surface area contributed by atoms with Crippen LogP contribution in [-0.2, 0) is 0 Å². The molecule has 2 nitrogen and oxygen atoms in total. The lowest BCUT2D eigenvalue weighted by Gasteiger charge is -2.29. The molecule has 0 spiro atoms. The predicted molar refractivity (Wildman–Crippen MR) is 72.0 cm³/mol. The van der Waals surface area contributed by atoms with Crippen LogP contribution in [-0.4, -0.2) is 34.1 Å². The monoisotopic (exact) mass is 220 g/mol. The number of benzene rings is 1. The van der Waals surface area contributed by atoms with E-state index >= 15 is 0 Å². The van der Waals surface area contributed by atoms with Crippen LogP contribution in [0.25, 0.3) is 0 Å². The van der Waals surface area contributed by atoms with Gasteiger partial charge in [-0.25, -0.2) is 0 Å². The molecule has 0 saturated carbocycles. The summed E-state index contributed by atoms with van der Waals surface area (Å²) in [6.45, 7) is 7.31. The maximum Gasteiger partial charge on any atom is 0.336 e. The minimum atomic E-state index is -1.26. The van der Waals surface area contributed by atoms with Crippen molar-refractivity contribution < 1.29 is 0 Å². The van der Waals surface area contributed by atoms with Crippen LogP contribution in [0.5, 0.6) is 0 Å². The summed E-state index contributed by atoms with van der Waals surface area (Å²) in [6, 6.07) is 10.6. The Bertz CT molecular complexity index is 295. The van der Waals surface area contributed by atoms with Crippen LogP contribution in [0, 0.1) is 0 Å². The fourth-order valence-corrected chi connectivity index (χ4v) is 2.80. The molecular weight excluding hydrogens is 199 g/mol. The molecular formula is C11H21BN2Si. The first-order valence-electron chi connectivity index (χ1n) is 5.39. The predicted octanol–water partition coefficient (Wildman–Crippen LogP) is 1.37. The summed E-state index contributed by atoms with van der Waals surface area (Å²) in [5.74, 6) is 0. The maximum absolute atomic E-state index is 3.74. The van der Waals surface area contributed by atoms with Crippen molar-refractivity contribution in [3.8, 4) is 0 Å². The molecule has 1 aromatic rings. The highest BCUT2D eigenvalue weighted by molar-refractivity contribution is 6.87. The van der Waals surface area contributed by atoms with Gasteiger partial charge in [0, 0.05) is 0 Å². The average molecular weight is 220 g/mol. The lowest BCUT2D eigenvalue weighted by Crippen LogP contribution is -2.63. The molecule has 1 rings (SSSR count). The first-order chi connectivity index (χ1) is 6.90. The van der Waals surface area contributed by atoms with E-state index in [1.165, 1.54) is 5.46 Å². The fraction of sp³-hybridized carbons (Fsp3) is 0.455. The van der Waals surface area contributed by atoms with Crippen LogP contribution in [0.3, 0.4) is 0 Å². The van der Waals surface area contributed by atoms with Crippen LogP contribution in [0.4, 0.5) is 0 Å². The van der Waals surface area contributed by atoms with Crippen LogP contribution in [0.1, 0.15) is 0 Å². The van der Waals surface area contributed by atoms with Gasteiger partial charge in [-0.1, -0.05) is 50.0 Å². The standard InChI is InChI=1S/C11H21BN2Si/c1-14(2)12(13-15(3,4)5)11-9-7-6-8-10-11/h6-10,13H,1-5H3. The van der Waals surface area contributed by atoms with E-state index in [0.717, 1.165) is 0 Å². The number of nitrogens with one attached hydrogen (secondary N) is 1. The largest absolute Gasteiger partial charge is 0.361 e. The van der Waals surface area contributed by atoms with E-state index in [9.17, 15) is 0 Å². The van der Waals surface area contributed by atoms with Gasteiger partial charge in [0.15, 0.2) is 0 Å². The molecule has 0 amide bonds. The second kappa shape index (κ2) is 4.97. The van der Waals surface area contributed by atoms with Gasteiger partial charge in [-0.3, -0.25) is 0 Å². The molecule has 82 valence electrons. The number of hydrogen-bond acceptors (Lipinski definition) is 2. The Morgan fingerprint density at radius 2 is 1.60 bits per heavy atom. The molecule has 0 heterocycles. The van der Waals surface area contributed by atoms with Crippen molar-refractivity contribution in [2.45, 2.75) is 19.6 Å². The zero-order valence-electron chi connectivity index (χ0n) is 10.4. The van der Waals surface area contributed by atoms with Crippen LogP contribution < -0.4 is 10.4 Å². The van der Waals surface area contributed by atoms with Gasteiger partial charge >= 0.3 is 6.98 Å². The quantitative estimate of drug-likeness (QED) is 0.771. The Morgan fingerprint density at radius 1 is 1.07 bits per heavy atom. The third-order valence-electron chi connectivity index (χ3n) is 2.20. The van der Waals surface area contributed by atoms with Crippen LogP contribution >= 0.6 is 0 Å². The van der Waals surface area contributed by atoms with E-state index in [1.807, 2.05) is 0 Å². The van der Waals surface area contributed by atoms with Gasteiger partial charge in [0.05, 0.1) is 0 Å². The van der Waals surface area contributed by atoms with Gasteiger partial charge in [-0.05, 0) is 19.6 Å². The van der Waals surface area contributed by atoms with Gasteiger partial charge < -0.3 is 9.70 Å². The SMILES string of the molecule is CN(C)B(N[Si](C)(C)C)c1ccccc1. The molecule has 0 saturated heterocycles. The van der Waals surface area contributed by atoms with E-state index in [0.29, 0.717) is 6.98 Å². The number of rotatable bonds is 4. The summed E-state index contributed by atoms with van der Waals surface area (Å²) in [4.78, 5) is 5.97. The molecule has 0 radical (unpaired) electrons. The van der Waals surface area contributed by atoms with Gasteiger partial charge in [0.1, 0.15) is 8.24 Å². The summed E-state index contributed by atoms with van der Waals surface area (Å²) >= 11 is 0. The Kier molecular flexibility index (Phi) is 4.14. The molecule has 0 atom stereocenters. The summed E-state index contributed by atoms with van der Waals surface area (Å²) in [5, 5.41) is 0. The lowest BCUT2D eigenvalue weighted by atomic mass is 9.68. The van der Waals surface area contributed by atoms with Crippen molar-refractivity contribution in [1.82, 2.24) is 9.70 Å². The van der Waals surface area contributed by atoms with Crippen molar-refractivity contribution in [2.75, 3.05) is 14.1 Å². The van der Waals surface area contributed by atoms with Crippen molar-refractivity contribution in [1.29, 1.82) is 0 Å².